The summed E-state index contributed by atoms with van der Waals surface area (Å²) in [4.78, 5) is 15.0. The molecule has 1 aromatic heterocycles. The van der Waals surface area contributed by atoms with Gasteiger partial charge in [-0.05, 0) is 33.8 Å². The molecule has 0 atom stereocenters. The fraction of sp³-hybridized carbons (Fsp3) is 0.538. The van der Waals surface area contributed by atoms with Gasteiger partial charge in [0, 0.05) is 12.5 Å². The second-order valence-electron chi connectivity index (χ2n) is 5.74. The number of nitrogens with one attached hydrogen (secondary N) is 1. The van der Waals surface area contributed by atoms with Gasteiger partial charge in [0.15, 0.2) is 0 Å². The van der Waals surface area contributed by atoms with E-state index in [2.05, 4.69) is 10.3 Å². The molecule has 0 bridgehead atoms. The molecule has 1 aliphatic rings. The van der Waals surface area contributed by atoms with E-state index in [1.165, 1.54) is 19.2 Å². The largest absolute Gasteiger partial charge is 0.499 e. The first-order valence-corrected chi connectivity index (χ1v) is 6.42. The molecule has 1 aliphatic heterocycles. The van der Waals surface area contributed by atoms with Crippen LogP contribution in [0.5, 0.6) is 0 Å². The molecule has 2 heterocycles. The Balaban J connectivity index is 2.30. The van der Waals surface area contributed by atoms with E-state index in [1.807, 2.05) is 27.7 Å². The number of halogens is 1. The smallest absolute Gasteiger partial charge is 0.399 e. The predicted molar refractivity (Wildman–Crippen MR) is 73.3 cm³/mol. The van der Waals surface area contributed by atoms with E-state index in [0.29, 0.717) is 0 Å². The lowest BCUT2D eigenvalue weighted by atomic mass is 9.80. The molecule has 0 radical (unpaired) electrons. The Morgan fingerprint density at radius 3 is 2.25 bits per heavy atom. The van der Waals surface area contributed by atoms with Crippen molar-refractivity contribution in [3.8, 4) is 0 Å². The Hall–Kier alpha value is -1.47. The third-order valence-electron chi connectivity index (χ3n) is 3.84. The van der Waals surface area contributed by atoms with Crippen molar-refractivity contribution in [1.82, 2.24) is 10.3 Å². The Bertz CT molecular complexity index is 532. The Morgan fingerprint density at radius 2 is 1.80 bits per heavy atom. The van der Waals surface area contributed by atoms with Gasteiger partial charge in [0.2, 0.25) is 5.95 Å². The van der Waals surface area contributed by atoms with Crippen LogP contribution in [-0.4, -0.2) is 36.3 Å². The van der Waals surface area contributed by atoms with Crippen LogP contribution in [0.15, 0.2) is 12.1 Å². The highest BCUT2D eigenvalue weighted by molar-refractivity contribution is 6.62. The molecule has 1 fully saturated rings. The topological polar surface area (TPSA) is 60.5 Å². The van der Waals surface area contributed by atoms with Crippen molar-refractivity contribution in [2.24, 2.45) is 0 Å². The summed E-state index contributed by atoms with van der Waals surface area (Å²) in [6.07, 6.45) is 0. The number of carbonyl (C=O) groups excluding carboxylic acids is 1. The van der Waals surface area contributed by atoms with Gasteiger partial charge in [0.05, 0.1) is 11.2 Å². The van der Waals surface area contributed by atoms with Crippen LogP contribution in [0.4, 0.5) is 4.39 Å². The summed E-state index contributed by atoms with van der Waals surface area (Å²) in [5.74, 6) is -1.20. The van der Waals surface area contributed by atoms with E-state index < -0.39 is 30.2 Å². The zero-order chi connectivity index (χ0) is 15.1. The maximum atomic E-state index is 14.1. The minimum atomic E-state index is -0.828. The number of rotatable bonds is 2. The molecule has 0 unspecified atom stereocenters. The van der Waals surface area contributed by atoms with Gasteiger partial charge in [-0.1, -0.05) is 6.07 Å². The molecule has 5 nitrogen and oxygen atoms in total. The van der Waals surface area contributed by atoms with Crippen molar-refractivity contribution in [3.63, 3.8) is 0 Å². The van der Waals surface area contributed by atoms with Crippen LogP contribution in [-0.2, 0) is 9.31 Å². The van der Waals surface area contributed by atoms with Crippen molar-refractivity contribution >= 4 is 18.5 Å². The zero-order valence-corrected chi connectivity index (χ0v) is 12.3. The average molecular weight is 280 g/mol. The number of carbonyl (C=O) groups is 1. The van der Waals surface area contributed by atoms with E-state index in [-0.39, 0.29) is 11.2 Å². The van der Waals surface area contributed by atoms with Gasteiger partial charge in [0.1, 0.15) is 5.69 Å². The molecule has 0 saturated carbocycles. The summed E-state index contributed by atoms with van der Waals surface area (Å²) >= 11 is 0. The molecule has 0 aromatic carbocycles. The Labute approximate surface area is 118 Å². The molecule has 2 rings (SSSR count). The third kappa shape index (κ3) is 2.43. The van der Waals surface area contributed by atoms with Gasteiger partial charge in [-0.25, -0.2) is 4.98 Å². The van der Waals surface area contributed by atoms with Crippen LogP contribution in [0.25, 0.3) is 0 Å². The number of hydrogen-bond donors (Lipinski definition) is 1. The molecular weight excluding hydrogens is 262 g/mol. The molecule has 1 saturated heterocycles. The standard InChI is InChI=1S/C13H18BFN2O3/c1-12(2)13(3,4)20-14(19-12)8-6-7-9(11(18)16-5)17-10(8)15/h6-7H,1-5H3,(H,16,18). The highest BCUT2D eigenvalue weighted by Gasteiger charge is 2.52. The van der Waals surface area contributed by atoms with Gasteiger partial charge in [0.25, 0.3) is 5.91 Å². The normalized spacial score (nSPS) is 20.0. The first-order valence-electron chi connectivity index (χ1n) is 6.42. The van der Waals surface area contributed by atoms with E-state index in [0.717, 1.165) is 0 Å². The van der Waals surface area contributed by atoms with Crippen molar-refractivity contribution in [3.05, 3.63) is 23.8 Å². The molecule has 1 N–H and O–H groups in total. The number of amides is 1. The summed E-state index contributed by atoms with van der Waals surface area (Å²) in [7, 11) is 0.635. The minimum absolute atomic E-state index is 0.0188. The van der Waals surface area contributed by atoms with Crippen LogP contribution in [0.1, 0.15) is 38.2 Å². The maximum Gasteiger partial charge on any atom is 0.499 e. The molecule has 7 heteroatoms. The van der Waals surface area contributed by atoms with E-state index in [4.69, 9.17) is 9.31 Å². The lowest BCUT2D eigenvalue weighted by Crippen LogP contribution is -2.41. The second kappa shape index (κ2) is 4.82. The Kier molecular flexibility index (Phi) is 3.60. The van der Waals surface area contributed by atoms with Crippen LogP contribution in [0.2, 0.25) is 0 Å². The summed E-state index contributed by atoms with van der Waals surface area (Å²) in [5.41, 5.74) is -0.894. The Morgan fingerprint density at radius 1 is 1.25 bits per heavy atom. The van der Waals surface area contributed by atoms with Gasteiger partial charge < -0.3 is 14.6 Å². The highest BCUT2D eigenvalue weighted by atomic mass is 19.1. The quantitative estimate of drug-likeness (QED) is 0.645. The molecule has 20 heavy (non-hydrogen) atoms. The lowest BCUT2D eigenvalue weighted by Gasteiger charge is -2.32. The monoisotopic (exact) mass is 280 g/mol. The molecule has 108 valence electrons. The van der Waals surface area contributed by atoms with Crippen LogP contribution in [0, 0.1) is 5.95 Å². The molecule has 1 aromatic rings. The van der Waals surface area contributed by atoms with E-state index in [1.54, 1.807) is 0 Å². The molecule has 0 aliphatic carbocycles. The number of hydrogen-bond acceptors (Lipinski definition) is 4. The van der Waals surface area contributed by atoms with Crippen LogP contribution in [0.3, 0.4) is 0 Å². The van der Waals surface area contributed by atoms with Crippen molar-refractivity contribution in [1.29, 1.82) is 0 Å². The van der Waals surface area contributed by atoms with Crippen molar-refractivity contribution in [2.75, 3.05) is 7.05 Å². The second-order valence-corrected chi connectivity index (χ2v) is 5.74. The predicted octanol–water partition coefficient (Wildman–Crippen LogP) is 0.879. The fourth-order valence-electron chi connectivity index (χ4n) is 1.85. The molecule has 0 spiro atoms. The van der Waals surface area contributed by atoms with Crippen molar-refractivity contribution < 1.29 is 18.5 Å². The number of nitrogens with zero attached hydrogens (tertiary/aromatic N) is 1. The average Bonchev–Trinajstić information content (AvgIpc) is 2.57. The summed E-state index contributed by atoms with van der Waals surface area (Å²) in [5, 5.41) is 2.39. The lowest BCUT2D eigenvalue weighted by molar-refractivity contribution is 0.00578. The number of pyridine rings is 1. The fourth-order valence-corrected chi connectivity index (χ4v) is 1.85. The van der Waals surface area contributed by atoms with Crippen LogP contribution < -0.4 is 10.8 Å². The first-order chi connectivity index (χ1) is 9.18. The SMILES string of the molecule is CNC(=O)c1ccc(B2OC(C)(C)C(C)(C)O2)c(F)n1. The van der Waals surface area contributed by atoms with E-state index >= 15 is 0 Å². The zero-order valence-electron chi connectivity index (χ0n) is 12.3. The van der Waals surface area contributed by atoms with Crippen LogP contribution >= 0.6 is 0 Å². The minimum Gasteiger partial charge on any atom is -0.399 e. The maximum absolute atomic E-state index is 14.1. The molecular formula is C13H18BFN2O3. The van der Waals surface area contributed by atoms with Crippen molar-refractivity contribution in [2.45, 2.75) is 38.9 Å². The van der Waals surface area contributed by atoms with Gasteiger partial charge in [-0.2, -0.15) is 4.39 Å². The number of aromatic nitrogens is 1. The van der Waals surface area contributed by atoms with Gasteiger partial charge in [-0.3, -0.25) is 4.79 Å². The van der Waals surface area contributed by atoms with Gasteiger partial charge in [-0.15, -0.1) is 0 Å². The van der Waals surface area contributed by atoms with E-state index in [9.17, 15) is 9.18 Å². The summed E-state index contributed by atoms with van der Waals surface area (Å²) < 4.78 is 25.6. The third-order valence-corrected chi connectivity index (χ3v) is 3.84. The molecule has 1 amide bonds. The summed E-state index contributed by atoms with van der Waals surface area (Å²) in [6.45, 7) is 7.54. The van der Waals surface area contributed by atoms with Gasteiger partial charge >= 0.3 is 7.12 Å². The first kappa shape index (κ1) is 14.9. The highest BCUT2D eigenvalue weighted by Crippen LogP contribution is 2.36. The summed E-state index contributed by atoms with van der Waals surface area (Å²) in [6, 6.07) is 2.91.